The van der Waals surface area contributed by atoms with Crippen LogP contribution < -0.4 is 9.62 Å². The molecule has 4 rings (SSSR count). The summed E-state index contributed by atoms with van der Waals surface area (Å²) in [5, 5.41) is 4.53. The van der Waals surface area contributed by atoms with Gasteiger partial charge in [-0.25, -0.2) is 8.42 Å². The second kappa shape index (κ2) is 13.3. The highest BCUT2D eigenvalue weighted by Gasteiger charge is 2.33. The Morgan fingerprint density at radius 2 is 1.49 bits per heavy atom. The third-order valence-corrected chi connectivity index (χ3v) is 8.28. The first-order valence-electron chi connectivity index (χ1n) is 13.4. The van der Waals surface area contributed by atoms with Crippen LogP contribution >= 0.6 is 15.9 Å². The standard InChI is InChI=1S/C32H34BrN3O4S/c1-23(2)34-32(38)30(20-24-11-5-4-6-12-24)35(21-25-13-9-16-27(33)19-25)31(37)22-36(41(3,39)40)29-18-10-15-26-14-7-8-17-28(26)29/h4-19,23,30H,20-22H2,1-3H3,(H,34,38)/t30-/m1/s1. The van der Waals surface area contributed by atoms with Gasteiger partial charge in [0.15, 0.2) is 0 Å². The number of nitrogens with one attached hydrogen (secondary N) is 1. The molecule has 0 radical (unpaired) electrons. The zero-order valence-electron chi connectivity index (χ0n) is 23.3. The number of hydrogen-bond donors (Lipinski definition) is 1. The van der Waals surface area contributed by atoms with Crippen molar-refractivity contribution in [2.45, 2.75) is 38.9 Å². The van der Waals surface area contributed by atoms with E-state index in [2.05, 4.69) is 21.2 Å². The van der Waals surface area contributed by atoms with Gasteiger partial charge in [0, 0.05) is 28.9 Å². The van der Waals surface area contributed by atoms with Gasteiger partial charge in [-0.15, -0.1) is 0 Å². The summed E-state index contributed by atoms with van der Waals surface area (Å²) in [6.45, 7) is 3.39. The molecule has 214 valence electrons. The van der Waals surface area contributed by atoms with Gasteiger partial charge in [-0.3, -0.25) is 13.9 Å². The Bertz CT molecular complexity index is 1620. The van der Waals surface area contributed by atoms with Crippen LogP contribution in [0.15, 0.2) is 102 Å². The number of anilines is 1. The number of benzene rings is 4. The Morgan fingerprint density at radius 3 is 2.17 bits per heavy atom. The Balaban J connectivity index is 1.78. The van der Waals surface area contributed by atoms with Crippen LogP contribution in [0.2, 0.25) is 0 Å². The van der Waals surface area contributed by atoms with Crippen LogP contribution in [0.3, 0.4) is 0 Å². The second-order valence-electron chi connectivity index (χ2n) is 10.3. The molecular weight excluding hydrogens is 602 g/mol. The quantitative estimate of drug-likeness (QED) is 0.235. The first-order valence-corrected chi connectivity index (χ1v) is 16.0. The minimum atomic E-state index is -3.86. The fourth-order valence-corrected chi connectivity index (χ4v) is 6.10. The molecule has 0 aromatic heterocycles. The maximum absolute atomic E-state index is 14.2. The lowest BCUT2D eigenvalue weighted by atomic mass is 10.0. The average Bonchev–Trinajstić information content (AvgIpc) is 2.93. The van der Waals surface area contributed by atoms with E-state index < -0.39 is 28.5 Å². The molecular formula is C32H34BrN3O4S. The normalized spacial score (nSPS) is 12.2. The highest BCUT2D eigenvalue weighted by Crippen LogP contribution is 2.29. The average molecular weight is 637 g/mol. The molecule has 0 saturated carbocycles. The summed E-state index contributed by atoms with van der Waals surface area (Å²) in [4.78, 5) is 29.4. The Labute approximate surface area is 250 Å². The molecule has 4 aromatic rings. The lowest BCUT2D eigenvalue weighted by molar-refractivity contribution is -0.140. The third kappa shape index (κ3) is 7.95. The molecule has 1 N–H and O–H groups in total. The molecule has 2 amide bonds. The highest BCUT2D eigenvalue weighted by molar-refractivity contribution is 9.10. The summed E-state index contributed by atoms with van der Waals surface area (Å²) < 4.78 is 28.3. The Morgan fingerprint density at radius 1 is 0.854 bits per heavy atom. The number of fused-ring (bicyclic) bond motifs is 1. The molecule has 0 aliphatic carbocycles. The van der Waals surface area contributed by atoms with Crippen LogP contribution in [-0.4, -0.2) is 50.0 Å². The highest BCUT2D eigenvalue weighted by atomic mass is 79.9. The Kier molecular flexibility index (Phi) is 9.83. The first-order chi connectivity index (χ1) is 19.5. The van der Waals surface area contributed by atoms with E-state index in [1.807, 2.05) is 98.8 Å². The minimum Gasteiger partial charge on any atom is -0.352 e. The van der Waals surface area contributed by atoms with E-state index in [1.54, 1.807) is 12.1 Å². The fraction of sp³-hybridized carbons (Fsp3) is 0.250. The van der Waals surface area contributed by atoms with E-state index in [1.165, 1.54) is 4.90 Å². The molecule has 0 aliphatic rings. The fourth-order valence-electron chi connectivity index (χ4n) is 4.79. The van der Waals surface area contributed by atoms with Crippen LogP contribution in [0.25, 0.3) is 10.8 Å². The molecule has 9 heteroatoms. The second-order valence-corrected chi connectivity index (χ2v) is 13.1. The van der Waals surface area contributed by atoms with Gasteiger partial charge in [-0.05, 0) is 48.6 Å². The number of rotatable bonds is 11. The van der Waals surface area contributed by atoms with Gasteiger partial charge in [0.1, 0.15) is 12.6 Å². The predicted octanol–water partition coefficient (Wildman–Crippen LogP) is 5.53. The monoisotopic (exact) mass is 635 g/mol. The van der Waals surface area contributed by atoms with Crippen LogP contribution in [0.5, 0.6) is 0 Å². The minimum absolute atomic E-state index is 0.119. The number of nitrogens with zero attached hydrogens (tertiary/aromatic N) is 2. The van der Waals surface area contributed by atoms with Crippen molar-refractivity contribution in [2.75, 3.05) is 17.1 Å². The van der Waals surface area contributed by atoms with E-state index >= 15 is 0 Å². The molecule has 41 heavy (non-hydrogen) atoms. The van der Waals surface area contributed by atoms with Crippen LogP contribution in [0.4, 0.5) is 5.69 Å². The van der Waals surface area contributed by atoms with E-state index in [9.17, 15) is 18.0 Å². The number of halogens is 1. The van der Waals surface area contributed by atoms with E-state index in [0.717, 1.165) is 31.5 Å². The van der Waals surface area contributed by atoms with Crippen molar-refractivity contribution in [3.8, 4) is 0 Å². The van der Waals surface area contributed by atoms with Crippen molar-refractivity contribution < 1.29 is 18.0 Å². The van der Waals surface area contributed by atoms with Gasteiger partial charge in [0.25, 0.3) is 0 Å². The number of carbonyl (C=O) groups is 2. The molecule has 1 atom stereocenters. The summed E-state index contributed by atoms with van der Waals surface area (Å²) in [7, 11) is -3.86. The van der Waals surface area contributed by atoms with Crippen LogP contribution in [0.1, 0.15) is 25.0 Å². The number of carbonyl (C=O) groups excluding carboxylic acids is 2. The van der Waals surface area contributed by atoms with Crippen LogP contribution in [0, 0.1) is 0 Å². The summed E-state index contributed by atoms with van der Waals surface area (Å²) >= 11 is 3.49. The summed E-state index contributed by atoms with van der Waals surface area (Å²) in [6.07, 6.45) is 1.36. The van der Waals surface area contributed by atoms with Crippen molar-refractivity contribution in [3.05, 3.63) is 113 Å². The molecule has 0 fully saturated rings. The van der Waals surface area contributed by atoms with Crippen molar-refractivity contribution in [2.24, 2.45) is 0 Å². The zero-order chi connectivity index (χ0) is 29.6. The van der Waals surface area contributed by atoms with Crippen molar-refractivity contribution in [3.63, 3.8) is 0 Å². The summed E-state index contributed by atoms with van der Waals surface area (Å²) in [5.41, 5.74) is 2.10. The molecule has 0 spiro atoms. The number of sulfonamides is 1. The van der Waals surface area contributed by atoms with Gasteiger partial charge in [-0.1, -0.05) is 94.8 Å². The molecule has 0 aliphatic heterocycles. The van der Waals surface area contributed by atoms with Gasteiger partial charge in [-0.2, -0.15) is 0 Å². The van der Waals surface area contributed by atoms with E-state index in [0.29, 0.717) is 11.1 Å². The topological polar surface area (TPSA) is 86.8 Å². The van der Waals surface area contributed by atoms with Gasteiger partial charge < -0.3 is 10.2 Å². The number of amides is 2. The lowest BCUT2D eigenvalue weighted by Gasteiger charge is -2.34. The van der Waals surface area contributed by atoms with E-state index in [4.69, 9.17) is 0 Å². The van der Waals surface area contributed by atoms with Gasteiger partial charge in [0.2, 0.25) is 21.8 Å². The maximum Gasteiger partial charge on any atom is 0.244 e. The summed E-state index contributed by atoms with van der Waals surface area (Å²) in [5.74, 6) is -0.786. The van der Waals surface area contributed by atoms with Crippen molar-refractivity contribution >= 4 is 54.2 Å². The smallest absolute Gasteiger partial charge is 0.244 e. The lowest BCUT2D eigenvalue weighted by Crippen LogP contribution is -2.54. The van der Waals surface area contributed by atoms with Crippen molar-refractivity contribution in [1.82, 2.24) is 10.2 Å². The molecule has 0 bridgehead atoms. The molecule has 0 heterocycles. The van der Waals surface area contributed by atoms with Gasteiger partial charge >= 0.3 is 0 Å². The van der Waals surface area contributed by atoms with E-state index in [-0.39, 0.29) is 24.9 Å². The predicted molar refractivity (Wildman–Crippen MR) is 168 cm³/mol. The summed E-state index contributed by atoms with van der Waals surface area (Å²) in [6, 6.07) is 28.8. The molecule has 0 unspecified atom stereocenters. The third-order valence-electron chi connectivity index (χ3n) is 6.66. The zero-order valence-corrected chi connectivity index (χ0v) is 25.7. The van der Waals surface area contributed by atoms with Crippen LogP contribution in [-0.2, 0) is 32.6 Å². The maximum atomic E-state index is 14.2. The SMILES string of the molecule is CC(C)NC(=O)[C@@H](Cc1ccccc1)N(Cc1cccc(Br)c1)C(=O)CN(c1cccc2ccccc12)S(C)(=O)=O. The first kappa shape index (κ1) is 30.3. The molecule has 0 saturated heterocycles. The Hall–Kier alpha value is -3.69. The molecule has 4 aromatic carbocycles. The van der Waals surface area contributed by atoms with Crippen molar-refractivity contribution in [1.29, 1.82) is 0 Å². The molecule has 7 nitrogen and oxygen atoms in total. The number of hydrogen-bond acceptors (Lipinski definition) is 4. The largest absolute Gasteiger partial charge is 0.352 e. The van der Waals surface area contributed by atoms with Gasteiger partial charge in [0.05, 0.1) is 11.9 Å².